The fourth-order valence-electron chi connectivity index (χ4n) is 4.21. The van der Waals surface area contributed by atoms with Crippen molar-refractivity contribution in [1.82, 2.24) is 10.2 Å². The van der Waals surface area contributed by atoms with Gasteiger partial charge in [-0.15, -0.1) is 0 Å². The van der Waals surface area contributed by atoms with Crippen molar-refractivity contribution in [3.05, 3.63) is 71.3 Å². The maximum absolute atomic E-state index is 13.1. The van der Waals surface area contributed by atoms with Gasteiger partial charge in [0.2, 0.25) is 5.91 Å². The Morgan fingerprint density at radius 1 is 0.968 bits per heavy atom. The Labute approximate surface area is 182 Å². The second kappa shape index (κ2) is 9.85. The Hall–Kier alpha value is -3.03. The molecule has 3 amide bonds. The largest absolute Gasteiger partial charge is 0.370 e. The number of carbonyl (C=O) groups is 3. The molecule has 2 aliphatic heterocycles. The van der Waals surface area contributed by atoms with Crippen LogP contribution in [0.4, 0.5) is 0 Å². The van der Waals surface area contributed by atoms with Crippen LogP contribution in [0.2, 0.25) is 0 Å². The van der Waals surface area contributed by atoms with Crippen LogP contribution >= 0.6 is 0 Å². The second-order valence-corrected chi connectivity index (χ2v) is 7.99. The number of fused-ring (bicyclic) bond motifs is 1. The topological polar surface area (TPSA) is 80.2 Å². The van der Waals surface area contributed by atoms with E-state index < -0.39 is 17.9 Å². The molecule has 0 saturated carbocycles. The summed E-state index contributed by atoms with van der Waals surface area (Å²) in [6.07, 6.45) is 1.12. The highest BCUT2D eigenvalue weighted by atomic mass is 16.5. The molecule has 0 bridgehead atoms. The molecule has 162 valence electrons. The lowest BCUT2D eigenvalue weighted by Crippen LogP contribution is -3.14. The van der Waals surface area contributed by atoms with E-state index in [-0.39, 0.29) is 12.3 Å². The third-order valence-corrected chi connectivity index (χ3v) is 5.92. The number of carbonyl (C=O) groups excluding carboxylic acids is 3. The van der Waals surface area contributed by atoms with Crippen LogP contribution in [-0.2, 0) is 16.0 Å². The number of hydrogen-bond donors (Lipinski definition) is 2. The molecule has 0 aromatic heterocycles. The van der Waals surface area contributed by atoms with Crippen molar-refractivity contribution in [3.63, 3.8) is 0 Å². The Kier molecular flexibility index (Phi) is 6.74. The monoisotopic (exact) mass is 422 g/mol. The number of benzene rings is 2. The van der Waals surface area contributed by atoms with Gasteiger partial charge in [0.15, 0.2) is 0 Å². The van der Waals surface area contributed by atoms with E-state index in [1.165, 1.54) is 4.90 Å². The molecule has 31 heavy (non-hydrogen) atoms. The molecular formula is C24H28N3O4+. The predicted octanol–water partition coefficient (Wildman–Crippen LogP) is 0.315. The lowest BCUT2D eigenvalue weighted by molar-refractivity contribution is -0.908. The van der Waals surface area contributed by atoms with E-state index in [1.54, 1.807) is 24.3 Å². The van der Waals surface area contributed by atoms with Gasteiger partial charge in [-0.3, -0.25) is 19.3 Å². The molecule has 1 fully saturated rings. The van der Waals surface area contributed by atoms with Gasteiger partial charge in [-0.2, -0.15) is 0 Å². The minimum atomic E-state index is -0.884. The molecular weight excluding hydrogens is 394 g/mol. The van der Waals surface area contributed by atoms with Crippen molar-refractivity contribution in [3.8, 4) is 0 Å². The zero-order chi connectivity index (χ0) is 21.6. The van der Waals surface area contributed by atoms with Gasteiger partial charge in [-0.1, -0.05) is 42.5 Å². The van der Waals surface area contributed by atoms with E-state index in [0.717, 1.165) is 49.7 Å². The van der Waals surface area contributed by atoms with Crippen molar-refractivity contribution < 1.29 is 24.0 Å². The van der Waals surface area contributed by atoms with E-state index in [0.29, 0.717) is 17.7 Å². The number of amides is 3. The lowest BCUT2D eigenvalue weighted by atomic mass is 10.0. The minimum absolute atomic E-state index is 0.285. The van der Waals surface area contributed by atoms with E-state index in [1.807, 2.05) is 30.3 Å². The number of hydrogen-bond acceptors (Lipinski definition) is 4. The van der Waals surface area contributed by atoms with Crippen molar-refractivity contribution >= 4 is 17.7 Å². The van der Waals surface area contributed by atoms with E-state index in [9.17, 15) is 14.4 Å². The van der Waals surface area contributed by atoms with Crippen LogP contribution in [0, 0.1) is 0 Å². The SMILES string of the molecule is O=C(NCCC[NH+]1CCOCC1)[C@H](Cc1ccccc1)N1C(=O)c2ccccc2C1=O. The van der Waals surface area contributed by atoms with Crippen LogP contribution < -0.4 is 10.2 Å². The standard InChI is InChI=1S/C24H27N3O4/c28-22(25-11-6-12-26-13-15-31-16-14-26)21(17-18-7-2-1-3-8-18)27-23(29)19-9-4-5-10-20(19)24(27)30/h1-5,7-10,21H,6,11-17H2,(H,25,28)/p+1/t21-/m0/s1. The quantitative estimate of drug-likeness (QED) is 0.474. The molecule has 4 rings (SSSR count). The second-order valence-electron chi connectivity index (χ2n) is 7.99. The summed E-state index contributed by atoms with van der Waals surface area (Å²) in [5.74, 6) is -1.11. The summed E-state index contributed by atoms with van der Waals surface area (Å²) in [5, 5.41) is 2.96. The number of imide groups is 1. The summed E-state index contributed by atoms with van der Waals surface area (Å²) >= 11 is 0. The summed E-state index contributed by atoms with van der Waals surface area (Å²) in [4.78, 5) is 41.7. The predicted molar refractivity (Wildman–Crippen MR) is 115 cm³/mol. The maximum atomic E-state index is 13.1. The number of ether oxygens (including phenoxy) is 1. The molecule has 2 aromatic rings. The highest BCUT2D eigenvalue weighted by Gasteiger charge is 2.42. The van der Waals surface area contributed by atoms with Gasteiger partial charge in [-0.25, -0.2) is 0 Å². The third-order valence-electron chi connectivity index (χ3n) is 5.92. The lowest BCUT2D eigenvalue weighted by Gasteiger charge is -2.26. The molecule has 1 saturated heterocycles. The summed E-state index contributed by atoms with van der Waals surface area (Å²) in [6, 6.07) is 15.3. The van der Waals surface area contributed by atoms with Crippen molar-refractivity contribution in [2.75, 3.05) is 39.4 Å². The van der Waals surface area contributed by atoms with Crippen LogP contribution in [0.3, 0.4) is 0 Å². The van der Waals surface area contributed by atoms with Crippen molar-refractivity contribution in [2.24, 2.45) is 0 Å². The first kappa shape index (κ1) is 21.2. The minimum Gasteiger partial charge on any atom is -0.370 e. The Morgan fingerprint density at radius 2 is 1.58 bits per heavy atom. The average Bonchev–Trinajstić information content (AvgIpc) is 3.06. The van der Waals surface area contributed by atoms with Gasteiger partial charge >= 0.3 is 0 Å². The average molecular weight is 423 g/mol. The first-order valence-electron chi connectivity index (χ1n) is 10.8. The molecule has 0 radical (unpaired) electrons. The van der Waals surface area contributed by atoms with Crippen LogP contribution in [0.25, 0.3) is 0 Å². The van der Waals surface area contributed by atoms with Crippen LogP contribution in [0.5, 0.6) is 0 Å². The number of nitrogens with zero attached hydrogens (tertiary/aromatic N) is 1. The van der Waals surface area contributed by atoms with Gasteiger partial charge < -0.3 is 15.0 Å². The highest BCUT2D eigenvalue weighted by Crippen LogP contribution is 2.26. The first-order valence-corrected chi connectivity index (χ1v) is 10.8. The van der Waals surface area contributed by atoms with E-state index in [4.69, 9.17) is 4.74 Å². The van der Waals surface area contributed by atoms with Crippen molar-refractivity contribution in [1.29, 1.82) is 0 Å². The van der Waals surface area contributed by atoms with Crippen LogP contribution in [0.15, 0.2) is 54.6 Å². The molecule has 1 atom stereocenters. The summed E-state index contributed by atoms with van der Waals surface area (Å²) in [6.45, 7) is 5.00. The molecule has 2 aliphatic rings. The number of quaternary nitrogens is 1. The number of rotatable bonds is 8. The fraction of sp³-hybridized carbons (Fsp3) is 0.375. The molecule has 7 heteroatoms. The van der Waals surface area contributed by atoms with Gasteiger partial charge in [0, 0.05) is 19.4 Å². The molecule has 2 aromatic carbocycles. The van der Waals surface area contributed by atoms with E-state index >= 15 is 0 Å². The summed E-state index contributed by atoms with van der Waals surface area (Å²) < 4.78 is 5.38. The van der Waals surface area contributed by atoms with Crippen LogP contribution in [0.1, 0.15) is 32.7 Å². The number of morpholine rings is 1. The Balaban J connectivity index is 1.45. The van der Waals surface area contributed by atoms with Gasteiger partial charge in [0.1, 0.15) is 19.1 Å². The molecule has 2 N–H and O–H groups in total. The highest BCUT2D eigenvalue weighted by molar-refractivity contribution is 6.22. The number of nitrogens with one attached hydrogen (secondary N) is 2. The van der Waals surface area contributed by atoms with Crippen LogP contribution in [-0.4, -0.2) is 68.1 Å². The Morgan fingerprint density at radius 3 is 2.23 bits per heavy atom. The molecule has 0 aliphatic carbocycles. The smallest absolute Gasteiger partial charge is 0.262 e. The van der Waals surface area contributed by atoms with Gasteiger partial charge in [-0.05, 0) is 17.7 Å². The zero-order valence-electron chi connectivity index (χ0n) is 17.5. The molecule has 7 nitrogen and oxygen atoms in total. The third kappa shape index (κ3) is 4.84. The summed E-state index contributed by atoms with van der Waals surface area (Å²) in [5.41, 5.74) is 1.61. The zero-order valence-corrected chi connectivity index (χ0v) is 17.5. The maximum Gasteiger partial charge on any atom is 0.262 e. The Bertz CT molecular complexity index is 906. The van der Waals surface area contributed by atoms with Gasteiger partial charge in [0.25, 0.3) is 11.8 Å². The molecule has 0 spiro atoms. The van der Waals surface area contributed by atoms with Crippen molar-refractivity contribution in [2.45, 2.75) is 18.9 Å². The fourth-order valence-corrected chi connectivity index (χ4v) is 4.21. The first-order chi connectivity index (χ1) is 15.1. The molecule has 2 heterocycles. The normalized spacial score (nSPS) is 17.5. The van der Waals surface area contributed by atoms with Gasteiger partial charge in [0.05, 0.1) is 30.9 Å². The molecule has 0 unspecified atom stereocenters. The summed E-state index contributed by atoms with van der Waals surface area (Å²) in [7, 11) is 0. The van der Waals surface area contributed by atoms with E-state index in [2.05, 4.69) is 5.32 Å².